The average Bonchev–Trinajstić information content (AvgIpc) is 3.57. The molecule has 6 atom stereocenters. The van der Waals surface area contributed by atoms with Crippen molar-refractivity contribution in [3.63, 3.8) is 0 Å². The van der Waals surface area contributed by atoms with Crippen LogP contribution in [0.5, 0.6) is 0 Å². The Kier molecular flexibility index (Phi) is 16.6. The second kappa shape index (κ2) is 21.7. The predicted octanol–water partition coefficient (Wildman–Crippen LogP) is 1.64. The minimum absolute atomic E-state index is 0.00484. The lowest BCUT2D eigenvalue weighted by atomic mass is 9.87. The van der Waals surface area contributed by atoms with Crippen molar-refractivity contribution in [2.75, 3.05) is 13.1 Å². The molecule has 0 saturated carbocycles. The molecule has 4 rings (SSSR count). The number of amides is 5. The van der Waals surface area contributed by atoms with Gasteiger partial charge in [0.2, 0.25) is 29.5 Å². The van der Waals surface area contributed by atoms with Crippen molar-refractivity contribution in [3.8, 4) is 0 Å². The Balaban J connectivity index is 1.55. The van der Waals surface area contributed by atoms with E-state index in [1.165, 1.54) is 12.2 Å². The summed E-state index contributed by atoms with van der Waals surface area (Å²) in [6.45, 7) is 7.43. The first-order valence-corrected chi connectivity index (χ1v) is 19.2. The van der Waals surface area contributed by atoms with E-state index in [0.717, 1.165) is 17.5 Å². The molecule has 2 aromatic rings. The average molecular weight is 783 g/mol. The van der Waals surface area contributed by atoms with Crippen LogP contribution in [0.3, 0.4) is 0 Å². The number of aliphatic carboxylic acids is 1. The van der Waals surface area contributed by atoms with Gasteiger partial charge in [-0.2, -0.15) is 0 Å². The molecular formula is C42H54N8O7. The standard InChI is InChI=1S/C42H54N8O7/c1-3-12-27(4-2)26-46-38(54)33(25-37(52)53)49-39(55)31(17-11-22-45-42(43)44)48-40(56)35-24-30(19-18-28-13-7-5-8-14-28)34-21-20-32(41(57)50(34)35)47-36(51)23-29-15-9-6-10-16-29/h3-10,12-16,30-35H,1-2,11,17-26H2,(H,46,54)(H,47,51)(H,48,56)(H,49,55)(H,52,53)(H4,43,44,45)/b27-12+/t30-,31+,32?,33?,34+,35?/m1/s1. The normalized spacial score (nSPS) is 19.9. The quantitative estimate of drug-likeness (QED) is 0.0421. The number of piperidine rings is 1. The van der Waals surface area contributed by atoms with Crippen molar-refractivity contribution in [1.29, 1.82) is 0 Å². The minimum atomic E-state index is -1.48. The summed E-state index contributed by atoms with van der Waals surface area (Å²) in [5.41, 5.74) is 13.5. The number of fused-ring (bicyclic) bond motifs is 1. The third kappa shape index (κ3) is 13.2. The molecule has 15 nitrogen and oxygen atoms in total. The maximum atomic E-state index is 14.3. The van der Waals surface area contributed by atoms with Crippen LogP contribution in [0, 0.1) is 5.92 Å². The fourth-order valence-electron chi connectivity index (χ4n) is 7.41. The van der Waals surface area contributed by atoms with Crippen LogP contribution < -0.4 is 32.7 Å². The number of carbonyl (C=O) groups is 6. The lowest BCUT2D eigenvalue weighted by Crippen LogP contribution is -2.61. The van der Waals surface area contributed by atoms with Gasteiger partial charge in [-0.25, -0.2) is 0 Å². The molecule has 0 aromatic heterocycles. The first-order valence-electron chi connectivity index (χ1n) is 19.2. The maximum absolute atomic E-state index is 14.3. The Morgan fingerprint density at radius 3 is 2.25 bits per heavy atom. The summed E-state index contributed by atoms with van der Waals surface area (Å²) in [5, 5.41) is 20.4. The molecular weight excluding hydrogens is 729 g/mol. The first-order chi connectivity index (χ1) is 27.4. The number of nitrogens with zero attached hydrogens (tertiary/aromatic N) is 2. The van der Waals surface area contributed by atoms with E-state index in [9.17, 15) is 33.9 Å². The summed E-state index contributed by atoms with van der Waals surface area (Å²) in [5.74, 6) is -4.35. The molecule has 9 N–H and O–H groups in total. The van der Waals surface area contributed by atoms with E-state index in [4.69, 9.17) is 11.5 Å². The van der Waals surface area contributed by atoms with Crippen molar-refractivity contribution >= 4 is 41.5 Å². The monoisotopic (exact) mass is 782 g/mol. The molecule has 2 fully saturated rings. The summed E-state index contributed by atoms with van der Waals surface area (Å²) in [6.07, 6.45) is 7.01. The molecule has 5 amide bonds. The topological polar surface area (TPSA) is 238 Å². The molecule has 304 valence electrons. The molecule has 0 radical (unpaired) electrons. The molecule has 2 aliphatic heterocycles. The maximum Gasteiger partial charge on any atom is 0.305 e. The van der Waals surface area contributed by atoms with Gasteiger partial charge in [-0.3, -0.25) is 33.8 Å². The number of aryl methyl sites for hydroxylation is 1. The third-order valence-corrected chi connectivity index (χ3v) is 10.2. The van der Waals surface area contributed by atoms with E-state index >= 15 is 0 Å². The van der Waals surface area contributed by atoms with Crippen LogP contribution in [0.2, 0.25) is 0 Å². The van der Waals surface area contributed by atoms with Crippen LogP contribution >= 0.6 is 0 Å². The highest BCUT2D eigenvalue weighted by Gasteiger charge is 2.51. The van der Waals surface area contributed by atoms with Gasteiger partial charge >= 0.3 is 5.97 Å². The van der Waals surface area contributed by atoms with Gasteiger partial charge in [-0.05, 0) is 67.6 Å². The second-order valence-corrected chi connectivity index (χ2v) is 14.3. The van der Waals surface area contributed by atoms with Crippen LogP contribution in [0.4, 0.5) is 0 Å². The van der Waals surface area contributed by atoms with Crippen LogP contribution in [0.1, 0.15) is 56.1 Å². The number of carboxylic acids is 1. The summed E-state index contributed by atoms with van der Waals surface area (Å²) < 4.78 is 0. The molecule has 2 aromatic carbocycles. The lowest BCUT2D eigenvalue weighted by Gasteiger charge is -2.39. The van der Waals surface area contributed by atoms with Crippen LogP contribution in [-0.4, -0.2) is 94.8 Å². The third-order valence-electron chi connectivity index (χ3n) is 10.2. The van der Waals surface area contributed by atoms with Crippen molar-refractivity contribution in [2.24, 2.45) is 22.4 Å². The number of carboxylic acid groups (broad SMARTS) is 1. The highest BCUT2D eigenvalue weighted by Crippen LogP contribution is 2.39. The highest BCUT2D eigenvalue weighted by atomic mass is 16.4. The Labute approximate surface area is 333 Å². The number of rotatable bonds is 21. The van der Waals surface area contributed by atoms with Gasteiger partial charge < -0.3 is 42.7 Å². The van der Waals surface area contributed by atoms with Crippen LogP contribution in [0.15, 0.2) is 103 Å². The number of nitrogens with one attached hydrogen (secondary N) is 4. The summed E-state index contributed by atoms with van der Waals surface area (Å²) in [6, 6.07) is 14.3. The Bertz CT molecular complexity index is 1810. The number of carbonyl (C=O) groups excluding carboxylic acids is 5. The fraction of sp³-hybridized carbons (Fsp3) is 0.405. The summed E-state index contributed by atoms with van der Waals surface area (Å²) in [4.78, 5) is 85.9. The van der Waals surface area contributed by atoms with E-state index < -0.39 is 54.3 Å². The van der Waals surface area contributed by atoms with Crippen LogP contribution in [-0.2, 0) is 41.6 Å². The van der Waals surface area contributed by atoms with Crippen molar-refractivity contribution in [2.45, 2.75) is 88.0 Å². The number of benzene rings is 2. The summed E-state index contributed by atoms with van der Waals surface area (Å²) in [7, 11) is 0. The molecule has 15 heteroatoms. The Morgan fingerprint density at radius 1 is 0.930 bits per heavy atom. The second-order valence-electron chi connectivity index (χ2n) is 14.3. The van der Waals surface area contributed by atoms with Crippen molar-refractivity contribution in [1.82, 2.24) is 26.2 Å². The largest absolute Gasteiger partial charge is 0.481 e. The van der Waals surface area contributed by atoms with Gasteiger partial charge in [-0.15, -0.1) is 0 Å². The van der Waals surface area contributed by atoms with E-state index in [2.05, 4.69) is 39.4 Å². The number of nitrogens with two attached hydrogens (primary N) is 2. The van der Waals surface area contributed by atoms with Crippen molar-refractivity contribution in [3.05, 3.63) is 109 Å². The van der Waals surface area contributed by atoms with Gasteiger partial charge in [0.25, 0.3) is 0 Å². The molecule has 0 aliphatic carbocycles. The highest BCUT2D eigenvalue weighted by molar-refractivity contribution is 5.97. The van der Waals surface area contributed by atoms with Crippen molar-refractivity contribution < 1.29 is 33.9 Å². The Morgan fingerprint density at radius 2 is 1.61 bits per heavy atom. The van der Waals surface area contributed by atoms with Crippen LogP contribution in [0.25, 0.3) is 0 Å². The molecule has 0 spiro atoms. The van der Waals surface area contributed by atoms with Gasteiger partial charge in [0, 0.05) is 19.1 Å². The lowest BCUT2D eigenvalue weighted by molar-refractivity contribution is -0.147. The van der Waals surface area contributed by atoms with E-state index in [1.807, 2.05) is 60.7 Å². The van der Waals surface area contributed by atoms with E-state index in [0.29, 0.717) is 31.3 Å². The van der Waals surface area contributed by atoms with Gasteiger partial charge in [0.05, 0.1) is 12.8 Å². The number of allylic oxidation sites excluding steroid dienone is 2. The zero-order valence-corrected chi connectivity index (χ0v) is 32.1. The molecule has 2 saturated heterocycles. The molecule has 3 unspecified atom stereocenters. The van der Waals surface area contributed by atoms with Gasteiger partial charge in [-0.1, -0.05) is 92.0 Å². The molecule has 57 heavy (non-hydrogen) atoms. The van der Waals surface area contributed by atoms with Gasteiger partial charge in [0.1, 0.15) is 24.2 Å². The predicted molar refractivity (Wildman–Crippen MR) is 216 cm³/mol. The van der Waals surface area contributed by atoms with E-state index in [1.54, 1.807) is 11.0 Å². The van der Waals surface area contributed by atoms with Gasteiger partial charge in [0.15, 0.2) is 5.96 Å². The van der Waals surface area contributed by atoms with E-state index in [-0.39, 0.29) is 62.1 Å². The summed E-state index contributed by atoms with van der Waals surface area (Å²) >= 11 is 0. The molecule has 2 heterocycles. The number of hydrogen-bond acceptors (Lipinski definition) is 7. The number of hydrogen-bond donors (Lipinski definition) is 7. The molecule has 0 bridgehead atoms. The number of aliphatic imine (C=N–C) groups is 1. The minimum Gasteiger partial charge on any atom is -0.481 e. The zero-order valence-electron chi connectivity index (χ0n) is 32.1. The first kappa shape index (κ1) is 43.5. The fourth-order valence-corrected chi connectivity index (χ4v) is 7.41. The Hall–Kier alpha value is -6.25. The smallest absolute Gasteiger partial charge is 0.305 e. The number of guanidine groups is 1. The molecule has 2 aliphatic rings. The SMILES string of the molecule is C=C/C=C(\C=C)CNC(=O)C(CC(=O)O)NC(=O)[C@H](CCCN=C(N)N)NC(=O)C1C[C@@H](CCc2ccccc2)[C@@H]2CCC(NC(=O)Cc3ccccc3)C(=O)N12. The zero-order chi connectivity index (χ0) is 41.3.